The van der Waals surface area contributed by atoms with Crippen molar-refractivity contribution < 1.29 is 13.9 Å². The summed E-state index contributed by atoms with van der Waals surface area (Å²) in [4.78, 5) is 14.6. The molecule has 1 aliphatic rings. The lowest BCUT2D eigenvalue weighted by Gasteiger charge is -2.29. The summed E-state index contributed by atoms with van der Waals surface area (Å²) in [6.07, 6.45) is 9.90. The number of aliphatic imine (C=N–C) groups is 1. The van der Waals surface area contributed by atoms with Gasteiger partial charge in [0.15, 0.2) is 11.6 Å². The molecule has 0 heterocycles. The number of rotatable bonds is 8. The molecule has 3 N–H and O–H groups in total. The molecule has 0 spiro atoms. The van der Waals surface area contributed by atoms with Gasteiger partial charge in [-0.1, -0.05) is 38.5 Å². The van der Waals surface area contributed by atoms with Crippen LogP contribution in [0.3, 0.4) is 0 Å². The van der Waals surface area contributed by atoms with Gasteiger partial charge in [-0.25, -0.2) is 13.8 Å². The van der Waals surface area contributed by atoms with Crippen molar-refractivity contribution in [3.05, 3.63) is 83.3 Å². The molecule has 1 fully saturated rings. The second-order valence-corrected chi connectivity index (χ2v) is 7.49. The molecule has 0 aromatic heterocycles. The van der Waals surface area contributed by atoms with E-state index in [0.29, 0.717) is 23.1 Å². The number of nitrogens with one attached hydrogen (secondary N) is 2. The Labute approximate surface area is 181 Å². The zero-order chi connectivity index (χ0) is 22.8. The van der Waals surface area contributed by atoms with Crippen molar-refractivity contribution >= 4 is 11.7 Å². The number of guanidine groups is 1. The average molecular weight is 430 g/mol. The molecule has 8 heteroatoms. The van der Waals surface area contributed by atoms with Crippen LogP contribution in [0.2, 0.25) is 0 Å². The fraction of sp³-hybridized carbons (Fsp3) is 0.348. The van der Waals surface area contributed by atoms with Crippen LogP contribution in [0.5, 0.6) is 0 Å². The standard InChI is InChI=1S/C23H28F2N4O2/c1-15(8-7-11-22(30)29-31)26-23(27-16(2)18-9-5-4-6-10-18)28-17(3)19-12-13-20(24)21(25)14-19/h7-8,11-14,16,18,30H,1,3-6,9-10H2,2H3,(H2,26,27,28)/b8-7-,22-11+/t16-/m1/s1. The maximum Gasteiger partial charge on any atom is 0.252 e. The quantitative estimate of drug-likeness (QED) is 0.163. The van der Waals surface area contributed by atoms with Gasteiger partial charge in [-0.15, -0.1) is 4.91 Å². The second-order valence-electron chi connectivity index (χ2n) is 7.49. The molecule has 0 radical (unpaired) electrons. The van der Waals surface area contributed by atoms with Gasteiger partial charge in [0.05, 0.1) is 5.70 Å². The zero-order valence-electron chi connectivity index (χ0n) is 17.6. The van der Waals surface area contributed by atoms with E-state index in [0.717, 1.165) is 31.1 Å². The molecule has 1 aliphatic carbocycles. The van der Waals surface area contributed by atoms with Crippen molar-refractivity contribution in [2.24, 2.45) is 16.1 Å². The van der Waals surface area contributed by atoms with Crippen LogP contribution in [0, 0.1) is 22.5 Å². The van der Waals surface area contributed by atoms with Crippen LogP contribution >= 0.6 is 0 Å². The van der Waals surface area contributed by atoms with E-state index in [1.165, 1.54) is 37.5 Å². The fourth-order valence-electron chi connectivity index (χ4n) is 3.41. The highest BCUT2D eigenvalue weighted by Gasteiger charge is 2.21. The van der Waals surface area contributed by atoms with Gasteiger partial charge < -0.3 is 15.7 Å². The maximum atomic E-state index is 13.6. The van der Waals surface area contributed by atoms with Gasteiger partial charge in [0.1, 0.15) is 0 Å². The molecule has 0 bridgehead atoms. The number of halogens is 2. The fourth-order valence-corrected chi connectivity index (χ4v) is 3.41. The van der Waals surface area contributed by atoms with Gasteiger partial charge in [-0.2, -0.15) is 0 Å². The summed E-state index contributed by atoms with van der Waals surface area (Å²) in [6, 6.07) is 3.58. The molecule has 1 aromatic carbocycles. The first-order chi connectivity index (χ1) is 14.8. The largest absolute Gasteiger partial charge is 0.491 e. The van der Waals surface area contributed by atoms with Crippen LogP contribution in [0.4, 0.5) is 8.78 Å². The molecular weight excluding hydrogens is 402 g/mol. The third-order valence-corrected chi connectivity index (χ3v) is 5.14. The molecule has 1 aromatic rings. The Balaban J connectivity index is 2.19. The van der Waals surface area contributed by atoms with Gasteiger partial charge in [0.25, 0.3) is 5.88 Å². The Hall–Kier alpha value is -3.29. The monoisotopic (exact) mass is 430 g/mol. The minimum Gasteiger partial charge on any atom is -0.491 e. The van der Waals surface area contributed by atoms with E-state index in [1.807, 2.05) is 0 Å². The minimum absolute atomic E-state index is 0.115. The van der Waals surface area contributed by atoms with Crippen LogP contribution < -0.4 is 10.6 Å². The minimum atomic E-state index is -0.977. The highest BCUT2D eigenvalue weighted by atomic mass is 19.2. The van der Waals surface area contributed by atoms with Crippen molar-refractivity contribution in [2.75, 3.05) is 0 Å². The summed E-state index contributed by atoms with van der Waals surface area (Å²) in [5.74, 6) is -1.74. The van der Waals surface area contributed by atoms with E-state index >= 15 is 0 Å². The number of nitroso groups, excluding NO2 is 1. The van der Waals surface area contributed by atoms with Gasteiger partial charge >= 0.3 is 0 Å². The lowest BCUT2D eigenvalue weighted by atomic mass is 9.84. The molecule has 0 amide bonds. The van der Waals surface area contributed by atoms with Crippen molar-refractivity contribution in [1.82, 2.24) is 10.6 Å². The summed E-state index contributed by atoms with van der Waals surface area (Å²) in [6.45, 7) is 9.80. The first kappa shape index (κ1) is 24.0. The van der Waals surface area contributed by atoms with E-state index in [2.05, 4.69) is 40.9 Å². The number of aliphatic hydroxyl groups excluding tert-OH is 1. The Morgan fingerprint density at radius 3 is 2.58 bits per heavy atom. The van der Waals surface area contributed by atoms with Crippen LogP contribution in [0.25, 0.3) is 5.70 Å². The first-order valence-electron chi connectivity index (χ1n) is 10.2. The van der Waals surface area contributed by atoms with Gasteiger partial charge in [0, 0.05) is 28.6 Å². The second kappa shape index (κ2) is 11.8. The molecule has 0 aliphatic heterocycles. The van der Waals surface area contributed by atoms with Crippen molar-refractivity contribution in [3.8, 4) is 0 Å². The molecule has 1 saturated carbocycles. The number of nitrogens with zero attached hydrogens (tertiary/aromatic N) is 2. The van der Waals surface area contributed by atoms with Crippen molar-refractivity contribution in [3.63, 3.8) is 0 Å². The third kappa shape index (κ3) is 7.81. The molecule has 31 heavy (non-hydrogen) atoms. The Morgan fingerprint density at radius 2 is 1.94 bits per heavy atom. The summed E-state index contributed by atoms with van der Waals surface area (Å²) in [5.41, 5.74) is 0.996. The van der Waals surface area contributed by atoms with Crippen molar-refractivity contribution in [2.45, 2.75) is 45.1 Å². The van der Waals surface area contributed by atoms with Gasteiger partial charge in [-0.05, 0) is 50.0 Å². The molecule has 166 valence electrons. The molecular formula is C23H28F2N4O2. The summed E-state index contributed by atoms with van der Waals surface area (Å²) in [5, 5.41) is 17.8. The van der Waals surface area contributed by atoms with E-state index in [9.17, 15) is 13.7 Å². The van der Waals surface area contributed by atoms with E-state index in [-0.39, 0.29) is 11.7 Å². The summed E-state index contributed by atoms with van der Waals surface area (Å²) in [7, 11) is 0. The Bertz CT molecular complexity index is 903. The van der Waals surface area contributed by atoms with E-state index in [1.54, 1.807) is 0 Å². The normalized spacial score (nSPS) is 16.7. The highest BCUT2D eigenvalue weighted by Crippen LogP contribution is 2.26. The topological polar surface area (TPSA) is 86.1 Å². The molecule has 2 rings (SSSR count). The molecule has 0 unspecified atom stereocenters. The Morgan fingerprint density at radius 1 is 1.23 bits per heavy atom. The average Bonchev–Trinajstić information content (AvgIpc) is 2.75. The maximum absolute atomic E-state index is 13.6. The number of allylic oxidation sites excluding steroid dienone is 3. The zero-order valence-corrected chi connectivity index (χ0v) is 17.6. The predicted molar refractivity (Wildman–Crippen MR) is 120 cm³/mol. The van der Waals surface area contributed by atoms with Crippen LogP contribution in [-0.4, -0.2) is 17.1 Å². The van der Waals surface area contributed by atoms with Crippen molar-refractivity contribution in [1.29, 1.82) is 0 Å². The molecule has 0 saturated heterocycles. The predicted octanol–water partition coefficient (Wildman–Crippen LogP) is 5.68. The number of benzene rings is 1. The number of aliphatic hydroxyl groups is 1. The van der Waals surface area contributed by atoms with Gasteiger partial charge in [0.2, 0.25) is 5.96 Å². The number of hydrogen-bond donors (Lipinski definition) is 3. The Kier molecular flexibility index (Phi) is 9.12. The first-order valence-corrected chi connectivity index (χ1v) is 10.2. The van der Waals surface area contributed by atoms with Crippen LogP contribution in [0.1, 0.15) is 44.6 Å². The smallest absolute Gasteiger partial charge is 0.252 e. The third-order valence-electron chi connectivity index (χ3n) is 5.14. The lowest BCUT2D eigenvalue weighted by molar-refractivity contribution is 0.300. The van der Waals surface area contributed by atoms with E-state index < -0.39 is 17.5 Å². The summed E-state index contributed by atoms with van der Waals surface area (Å²) >= 11 is 0. The number of hydrogen-bond acceptors (Lipinski definition) is 4. The molecule has 6 nitrogen and oxygen atoms in total. The SMILES string of the molecule is C=C(/C=C\C=C(\O)N=O)N/C(=N\C(=C)c1ccc(F)c(F)c1)N[C@H](C)C1CCCCC1. The molecule has 1 atom stereocenters. The van der Waals surface area contributed by atoms with E-state index in [4.69, 9.17) is 5.11 Å². The summed E-state index contributed by atoms with van der Waals surface area (Å²) < 4.78 is 26.8. The van der Waals surface area contributed by atoms with Crippen LogP contribution in [-0.2, 0) is 0 Å². The van der Waals surface area contributed by atoms with Gasteiger partial charge in [-0.3, -0.25) is 0 Å². The van der Waals surface area contributed by atoms with Crippen LogP contribution in [0.15, 0.2) is 71.3 Å². The highest BCUT2D eigenvalue weighted by molar-refractivity contribution is 5.87. The lowest BCUT2D eigenvalue weighted by Crippen LogP contribution is -2.45.